The SMILES string of the molecule is C=c1ccc2c3c(ccc2c1)=Cc1ccc2cc(C)ccc2c1O3. The van der Waals surface area contributed by atoms with Crippen molar-refractivity contribution in [2.24, 2.45) is 0 Å². The summed E-state index contributed by atoms with van der Waals surface area (Å²) in [7, 11) is 0. The lowest BCUT2D eigenvalue weighted by atomic mass is 9.99. The van der Waals surface area contributed by atoms with Crippen molar-refractivity contribution >= 4 is 34.2 Å². The molecule has 1 nitrogen and oxygen atoms in total. The number of hydrogen-bond donors (Lipinski definition) is 0. The summed E-state index contributed by atoms with van der Waals surface area (Å²) in [5, 5.41) is 6.80. The predicted octanol–water partition coefficient (Wildman–Crippen LogP) is 4.65. The molecule has 0 radical (unpaired) electrons. The smallest absolute Gasteiger partial charge is 0.142 e. The van der Waals surface area contributed by atoms with Gasteiger partial charge in [0.25, 0.3) is 0 Å². The van der Waals surface area contributed by atoms with Gasteiger partial charge in [-0.1, -0.05) is 66.7 Å². The molecular formula is C23H16O. The molecule has 5 rings (SSSR count). The zero-order chi connectivity index (χ0) is 16.3. The highest BCUT2D eigenvalue weighted by molar-refractivity contribution is 5.96. The van der Waals surface area contributed by atoms with Crippen LogP contribution in [-0.4, -0.2) is 0 Å². The summed E-state index contributed by atoms with van der Waals surface area (Å²) in [4.78, 5) is 0. The lowest BCUT2D eigenvalue weighted by molar-refractivity contribution is 0.485. The van der Waals surface area contributed by atoms with Gasteiger partial charge in [-0.15, -0.1) is 0 Å². The highest BCUT2D eigenvalue weighted by Gasteiger charge is 2.16. The summed E-state index contributed by atoms with van der Waals surface area (Å²) in [6.07, 6.45) is 2.21. The Bertz CT molecular complexity index is 1250. The third kappa shape index (κ3) is 1.88. The first kappa shape index (κ1) is 13.4. The van der Waals surface area contributed by atoms with Crippen molar-refractivity contribution in [3.63, 3.8) is 0 Å². The van der Waals surface area contributed by atoms with E-state index >= 15 is 0 Å². The number of rotatable bonds is 0. The number of aryl methyl sites for hydroxylation is 1. The fraction of sp³-hybridized carbons (Fsp3) is 0.0435. The minimum Gasteiger partial charge on any atom is -0.455 e. The molecule has 0 unspecified atom stereocenters. The molecule has 0 fully saturated rings. The van der Waals surface area contributed by atoms with Gasteiger partial charge in [0.15, 0.2) is 0 Å². The highest BCUT2D eigenvalue weighted by atomic mass is 16.5. The maximum Gasteiger partial charge on any atom is 0.142 e. The molecule has 4 aromatic rings. The van der Waals surface area contributed by atoms with Gasteiger partial charge in [0.1, 0.15) is 11.5 Å². The first-order valence-corrected chi connectivity index (χ1v) is 8.14. The molecule has 1 aliphatic heterocycles. The molecule has 24 heavy (non-hydrogen) atoms. The van der Waals surface area contributed by atoms with Gasteiger partial charge in [0.2, 0.25) is 0 Å². The summed E-state index contributed by atoms with van der Waals surface area (Å²) in [6.45, 7) is 6.14. The fourth-order valence-electron chi connectivity index (χ4n) is 3.53. The van der Waals surface area contributed by atoms with Gasteiger partial charge in [-0.05, 0) is 35.1 Å². The number of hydrogen-bond acceptors (Lipinski definition) is 1. The molecule has 0 spiro atoms. The monoisotopic (exact) mass is 308 g/mol. The largest absolute Gasteiger partial charge is 0.455 e. The minimum absolute atomic E-state index is 0.938. The van der Waals surface area contributed by atoms with E-state index in [9.17, 15) is 0 Å². The second-order valence-electron chi connectivity index (χ2n) is 6.49. The molecule has 1 heteroatoms. The van der Waals surface area contributed by atoms with E-state index in [0.717, 1.165) is 43.7 Å². The predicted molar refractivity (Wildman–Crippen MR) is 101 cm³/mol. The highest BCUT2D eigenvalue weighted by Crippen LogP contribution is 2.38. The van der Waals surface area contributed by atoms with Crippen LogP contribution in [0.15, 0.2) is 60.7 Å². The molecule has 0 atom stereocenters. The second kappa shape index (κ2) is 4.72. The fourth-order valence-corrected chi connectivity index (χ4v) is 3.53. The Morgan fingerprint density at radius 2 is 1.50 bits per heavy atom. The lowest BCUT2D eigenvalue weighted by Gasteiger charge is -2.19. The van der Waals surface area contributed by atoms with Crippen molar-refractivity contribution in [2.45, 2.75) is 6.92 Å². The van der Waals surface area contributed by atoms with Crippen molar-refractivity contribution < 1.29 is 4.74 Å². The van der Waals surface area contributed by atoms with Crippen molar-refractivity contribution in [3.05, 3.63) is 82.2 Å². The summed E-state index contributed by atoms with van der Waals surface area (Å²) < 4.78 is 6.43. The zero-order valence-corrected chi connectivity index (χ0v) is 13.5. The molecule has 0 bridgehead atoms. The van der Waals surface area contributed by atoms with E-state index in [0.29, 0.717) is 0 Å². The van der Waals surface area contributed by atoms with E-state index in [2.05, 4.69) is 74.2 Å². The van der Waals surface area contributed by atoms with Gasteiger partial charge in [-0.2, -0.15) is 0 Å². The zero-order valence-electron chi connectivity index (χ0n) is 13.5. The summed E-state index contributed by atoms with van der Waals surface area (Å²) >= 11 is 0. The maximum absolute atomic E-state index is 6.43. The first-order valence-electron chi connectivity index (χ1n) is 8.14. The Morgan fingerprint density at radius 1 is 0.750 bits per heavy atom. The van der Waals surface area contributed by atoms with Crippen LogP contribution < -0.4 is 15.2 Å². The average molecular weight is 308 g/mol. The van der Waals surface area contributed by atoms with E-state index in [-0.39, 0.29) is 0 Å². The molecule has 0 aliphatic carbocycles. The number of fused-ring (bicyclic) bond motifs is 6. The molecule has 0 aromatic heterocycles. The van der Waals surface area contributed by atoms with Crippen LogP contribution in [0.1, 0.15) is 11.1 Å². The third-order valence-electron chi connectivity index (χ3n) is 4.74. The van der Waals surface area contributed by atoms with E-state index < -0.39 is 0 Å². The van der Waals surface area contributed by atoms with Gasteiger partial charge in [-0.3, -0.25) is 0 Å². The maximum atomic E-state index is 6.43. The third-order valence-corrected chi connectivity index (χ3v) is 4.74. The van der Waals surface area contributed by atoms with Crippen LogP contribution >= 0.6 is 0 Å². The van der Waals surface area contributed by atoms with Crippen LogP contribution in [0.5, 0.6) is 11.5 Å². The van der Waals surface area contributed by atoms with E-state index in [1.165, 1.54) is 10.9 Å². The van der Waals surface area contributed by atoms with Crippen LogP contribution in [0, 0.1) is 6.92 Å². The van der Waals surface area contributed by atoms with Crippen LogP contribution in [0.2, 0.25) is 0 Å². The minimum atomic E-state index is 0.938. The van der Waals surface area contributed by atoms with Gasteiger partial charge < -0.3 is 4.74 Å². The molecule has 1 aliphatic rings. The average Bonchev–Trinajstić information content (AvgIpc) is 2.59. The molecule has 0 amide bonds. The molecular weight excluding hydrogens is 292 g/mol. The Balaban J connectivity index is 1.86. The molecule has 4 aromatic carbocycles. The van der Waals surface area contributed by atoms with E-state index in [1.54, 1.807) is 0 Å². The standard InChI is InChI=1S/C23H16O/c1-14-3-9-20-16(11-14)5-7-18-13-19-8-6-17-12-15(2)4-10-21(17)23(19)24-22(18)20/h3-13H,1H2,2H3. The van der Waals surface area contributed by atoms with Crippen LogP contribution in [-0.2, 0) is 0 Å². The lowest BCUT2D eigenvalue weighted by Crippen LogP contribution is -2.11. The number of benzene rings is 4. The summed E-state index contributed by atoms with van der Waals surface area (Å²) in [6, 6.07) is 21.3. The van der Waals surface area contributed by atoms with Crippen LogP contribution in [0.3, 0.4) is 0 Å². The normalized spacial score (nSPS) is 12.4. The van der Waals surface area contributed by atoms with Gasteiger partial charge in [-0.25, -0.2) is 0 Å². The van der Waals surface area contributed by atoms with Gasteiger partial charge >= 0.3 is 0 Å². The van der Waals surface area contributed by atoms with Crippen molar-refractivity contribution in [2.75, 3.05) is 0 Å². The van der Waals surface area contributed by atoms with E-state index in [4.69, 9.17) is 4.74 Å². The van der Waals surface area contributed by atoms with Gasteiger partial charge in [0.05, 0.1) is 0 Å². The molecule has 0 saturated heterocycles. The van der Waals surface area contributed by atoms with Crippen molar-refractivity contribution in [3.8, 4) is 11.5 Å². The van der Waals surface area contributed by atoms with Crippen LogP contribution in [0.25, 0.3) is 34.2 Å². The van der Waals surface area contributed by atoms with E-state index in [1.807, 2.05) is 6.07 Å². The second-order valence-corrected chi connectivity index (χ2v) is 6.49. The summed E-state index contributed by atoms with van der Waals surface area (Å²) in [5.41, 5.74) is 2.39. The Kier molecular flexibility index (Phi) is 2.63. The van der Waals surface area contributed by atoms with Gasteiger partial charge in [0, 0.05) is 21.6 Å². The molecule has 114 valence electrons. The number of ether oxygens (including phenoxy) is 1. The molecule has 0 saturated carbocycles. The van der Waals surface area contributed by atoms with Crippen molar-refractivity contribution in [1.82, 2.24) is 0 Å². The molecule has 1 heterocycles. The Morgan fingerprint density at radius 3 is 2.42 bits per heavy atom. The van der Waals surface area contributed by atoms with Crippen LogP contribution in [0.4, 0.5) is 0 Å². The molecule has 0 N–H and O–H groups in total. The van der Waals surface area contributed by atoms with Crippen molar-refractivity contribution in [1.29, 1.82) is 0 Å². The summed E-state index contributed by atoms with van der Waals surface area (Å²) in [5.74, 6) is 1.89. The first-order chi connectivity index (χ1) is 11.7. The Hall–Kier alpha value is -3.06. The Labute approximate surface area is 140 Å². The topological polar surface area (TPSA) is 9.23 Å². The quantitative estimate of drug-likeness (QED) is 0.405.